The summed E-state index contributed by atoms with van der Waals surface area (Å²) in [5.41, 5.74) is -3.53. The van der Waals surface area contributed by atoms with Crippen molar-refractivity contribution in [1.29, 1.82) is 0 Å². The maximum atomic E-state index is 14.3. The summed E-state index contributed by atoms with van der Waals surface area (Å²) >= 11 is 5.96. The first-order chi connectivity index (χ1) is 18.4. The van der Waals surface area contributed by atoms with Gasteiger partial charge in [-0.1, -0.05) is 42.8 Å². The Labute approximate surface area is 224 Å². The molecule has 0 unspecified atom stereocenters. The molecule has 1 aliphatic heterocycles. The number of alkyl halides is 3. The summed E-state index contributed by atoms with van der Waals surface area (Å²) in [6.07, 6.45) is 1.82. The zero-order valence-electron chi connectivity index (χ0n) is 20.2. The molecule has 206 valence electrons. The lowest BCUT2D eigenvalue weighted by Crippen LogP contribution is -2.44. The number of amides is 1. The Morgan fingerprint density at radius 2 is 1.87 bits per heavy atom. The van der Waals surface area contributed by atoms with Crippen molar-refractivity contribution in [3.8, 4) is 11.4 Å². The van der Waals surface area contributed by atoms with Crippen molar-refractivity contribution >= 4 is 33.2 Å². The zero-order chi connectivity index (χ0) is 28.1. The molecule has 0 radical (unpaired) electrons. The lowest BCUT2D eigenvalue weighted by atomic mass is 10.1. The molecule has 0 atom stereocenters. The highest BCUT2D eigenvalue weighted by atomic mass is 35.5. The number of imidazole rings is 1. The van der Waals surface area contributed by atoms with E-state index >= 15 is 0 Å². The van der Waals surface area contributed by atoms with E-state index < -0.39 is 33.8 Å². The van der Waals surface area contributed by atoms with Gasteiger partial charge in [-0.05, 0) is 18.1 Å². The Balaban J connectivity index is 1.29. The number of fused-ring (bicyclic) bond motifs is 2. The van der Waals surface area contributed by atoms with Crippen LogP contribution in [-0.2, 0) is 36.1 Å². The average molecular weight is 586 g/mol. The number of sulfonamides is 1. The second-order valence-electron chi connectivity index (χ2n) is 8.70. The lowest BCUT2D eigenvalue weighted by Gasteiger charge is -2.26. The Morgan fingerprint density at radius 1 is 1.15 bits per heavy atom. The van der Waals surface area contributed by atoms with E-state index in [2.05, 4.69) is 20.4 Å². The van der Waals surface area contributed by atoms with Crippen LogP contribution >= 0.6 is 11.6 Å². The van der Waals surface area contributed by atoms with Crippen molar-refractivity contribution in [2.75, 3.05) is 6.54 Å². The van der Waals surface area contributed by atoms with E-state index in [1.807, 2.05) is 0 Å². The third-order valence-electron chi connectivity index (χ3n) is 6.19. The van der Waals surface area contributed by atoms with Gasteiger partial charge in [0.1, 0.15) is 11.5 Å². The van der Waals surface area contributed by atoms with Gasteiger partial charge in [0.2, 0.25) is 0 Å². The van der Waals surface area contributed by atoms with Crippen LogP contribution in [0.15, 0.2) is 36.5 Å². The molecule has 5 rings (SSSR count). The zero-order valence-corrected chi connectivity index (χ0v) is 21.8. The van der Waals surface area contributed by atoms with Crippen LogP contribution in [0.3, 0.4) is 0 Å². The SMILES string of the molecule is CCc1nc2c(F)cc(Cl)cn2c1C(=O)NCc1ccc(-c2nc3n(n2)CCN(S(=O)(=O)C(F)(F)F)C3)cc1. The van der Waals surface area contributed by atoms with Gasteiger partial charge in [0, 0.05) is 24.8 Å². The van der Waals surface area contributed by atoms with Gasteiger partial charge in [-0.25, -0.2) is 27.5 Å². The van der Waals surface area contributed by atoms with Crippen molar-refractivity contribution < 1.29 is 30.8 Å². The molecule has 1 N–H and O–H groups in total. The minimum Gasteiger partial charge on any atom is -0.347 e. The molecule has 10 nitrogen and oxygen atoms in total. The summed E-state index contributed by atoms with van der Waals surface area (Å²) in [7, 11) is -5.47. The van der Waals surface area contributed by atoms with Gasteiger partial charge < -0.3 is 5.32 Å². The van der Waals surface area contributed by atoms with Crippen LogP contribution in [0.4, 0.5) is 17.6 Å². The fraction of sp³-hybridized carbons (Fsp3) is 0.304. The van der Waals surface area contributed by atoms with Crippen molar-refractivity contribution in [2.24, 2.45) is 0 Å². The van der Waals surface area contributed by atoms with Crippen LogP contribution in [0.1, 0.15) is 34.5 Å². The molecule has 4 heterocycles. The normalized spacial score (nSPS) is 14.5. The van der Waals surface area contributed by atoms with Crippen LogP contribution < -0.4 is 5.32 Å². The third-order valence-corrected chi connectivity index (χ3v) is 7.97. The number of benzene rings is 1. The molecule has 1 aliphatic rings. The molecule has 16 heteroatoms. The number of carbonyl (C=O) groups is 1. The molecular weight excluding hydrogens is 566 g/mol. The molecule has 1 amide bonds. The van der Waals surface area contributed by atoms with E-state index in [9.17, 15) is 30.8 Å². The van der Waals surface area contributed by atoms with E-state index in [-0.39, 0.29) is 47.6 Å². The van der Waals surface area contributed by atoms with E-state index in [1.165, 1.54) is 15.3 Å². The van der Waals surface area contributed by atoms with Gasteiger partial charge in [-0.3, -0.25) is 9.20 Å². The monoisotopic (exact) mass is 585 g/mol. The number of aryl methyl sites for hydroxylation is 1. The Kier molecular flexibility index (Phi) is 6.84. The van der Waals surface area contributed by atoms with Crippen molar-refractivity contribution in [2.45, 2.75) is 38.5 Å². The highest BCUT2D eigenvalue weighted by molar-refractivity contribution is 7.89. The van der Waals surface area contributed by atoms with Gasteiger partial charge >= 0.3 is 15.5 Å². The molecule has 0 spiro atoms. The predicted octanol–water partition coefficient (Wildman–Crippen LogP) is 3.54. The smallest absolute Gasteiger partial charge is 0.347 e. The molecule has 0 fully saturated rings. The van der Waals surface area contributed by atoms with Crippen LogP contribution in [0, 0.1) is 5.82 Å². The standard InChI is InChI=1S/C23H20ClF4N7O3S/c1-2-17-19(34-11-15(24)9-16(25)21(34)30-17)22(36)29-10-13-3-5-14(6-4-13)20-31-18-12-33(7-8-35(18)32-20)39(37,38)23(26,27)28/h3-6,9,11H,2,7-8,10,12H2,1H3,(H,29,36). The number of rotatable bonds is 6. The molecular formula is C23H20ClF4N7O3S. The topological polar surface area (TPSA) is 114 Å². The van der Waals surface area contributed by atoms with Gasteiger partial charge in [-0.15, -0.1) is 0 Å². The van der Waals surface area contributed by atoms with E-state index in [1.54, 1.807) is 31.2 Å². The summed E-state index contributed by atoms with van der Waals surface area (Å²) in [5.74, 6) is -0.788. The van der Waals surface area contributed by atoms with Crippen molar-refractivity contribution in [3.63, 3.8) is 0 Å². The van der Waals surface area contributed by atoms with Crippen LogP contribution in [0.2, 0.25) is 5.02 Å². The summed E-state index contributed by atoms with van der Waals surface area (Å²) in [6, 6.07) is 7.89. The van der Waals surface area contributed by atoms with Crippen molar-refractivity contribution in [3.05, 3.63) is 70.1 Å². The molecule has 0 saturated carbocycles. The number of nitrogens with one attached hydrogen (secondary N) is 1. The average Bonchev–Trinajstić information content (AvgIpc) is 3.48. The number of halogens is 5. The van der Waals surface area contributed by atoms with Gasteiger partial charge in [0.25, 0.3) is 5.91 Å². The largest absolute Gasteiger partial charge is 0.511 e. The molecule has 3 aromatic heterocycles. The molecule has 0 saturated heterocycles. The fourth-order valence-corrected chi connectivity index (χ4v) is 5.33. The quantitative estimate of drug-likeness (QED) is 0.346. The second kappa shape index (κ2) is 9.88. The first-order valence-corrected chi connectivity index (χ1v) is 13.4. The summed E-state index contributed by atoms with van der Waals surface area (Å²) in [5, 5.41) is 7.18. The maximum absolute atomic E-state index is 14.3. The van der Waals surface area contributed by atoms with Crippen LogP contribution in [0.25, 0.3) is 17.0 Å². The molecule has 0 aliphatic carbocycles. The Hall–Kier alpha value is -3.56. The van der Waals surface area contributed by atoms with Gasteiger partial charge in [-0.2, -0.15) is 22.6 Å². The lowest BCUT2D eigenvalue weighted by molar-refractivity contribution is -0.0496. The third kappa shape index (κ3) is 4.96. The number of hydrogen-bond acceptors (Lipinski definition) is 6. The Morgan fingerprint density at radius 3 is 2.54 bits per heavy atom. The first kappa shape index (κ1) is 27.0. The minimum absolute atomic E-state index is 0.000133. The van der Waals surface area contributed by atoms with E-state index in [0.717, 1.165) is 11.6 Å². The predicted molar refractivity (Wildman–Crippen MR) is 132 cm³/mol. The number of carbonyl (C=O) groups excluding carboxylic acids is 1. The second-order valence-corrected chi connectivity index (χ2v) is 11.1. The molecule has 39 heavy (non-hydrogen) atoms. The van der Waals surface area contributed by atoms with E-state index in [0.29, 0.717) is 22.0 Å². The number of nitrogens with zero attached hydrogens (tertiary/aromatic N) is 6. The van der Waals surface area contributed by atoms with Crippen LogP contribution in [0.5, 0.6) is 0 Å². The maximum Gasteiger partial charge on any atom is 0.511 e. The summed E-state index contributed by atoms with van der Waals surface area (Å²) < 4.78 is 79.5. The fourth-order valence-electron chi connectivity index (χ4n) is 4.23. The molecule has 1 aromatic carbocycles. The summed E-state index contributed by atoms with van der Waals surface area (Å²) in [4.78, 5) is 21.4. The molecule has 0 bridgehead atoms. The van der Waals surface area contributed by atoms with E-state index in [4.69, 9.17) is 11.6 Å². The highest BCUT2D eigenvalue weighted by Crippen LogP contribution is 2.30. The van der Waals surface area contributed by atoms with Crippen molar-refractivity contribution in [1.82, 2.24) is 33.8 Å². The highest BCUT2D eigenvalue weighted by Gasteiger charge is 2.50. The Bertz CT molecular complexity index is 1680. The summed E-state index contributed by atoms with van der Waals surface area (Å²) in [6.45, 7) is 0.944. The first-order valence-electron chi connectivity index (χ1n) is 11.6. The van der Waals surface area contributed by atoms with Gasteiger partial charge in [0.15, 0.2) is 17.3 Å². The number of hydrogen-bond donors (Lipinski definition) is 1. The van der Waals surface area contributed by atoms with Gasteiger partial charge in [0.05, 0.1) is 23.8 Å². The molecule has 4 aromatic rings. The minimum atomic E-state index is -5.47. The number of pyridine rings is 1. The van der Waals surface area contributed by atoms with Crippen LogP contribution in [-0.4, -0.2) is 54.8 Å². The number of aromatic nitrogens is 5.